The molecule has 0 radical (unpaired) electrons. The van der Waals surface area contributed by atoms with Crippen molar-refractivity contribution in [2.45, 2.75) is 26.3 Å². The van der Waals surface area contributed by atoms with Gasteiger partial charge >= 0.3 is 5.97 Å². The van der Waals surface area contributed by atoms with Crippen LogP contribution in [0.15, 0.2) is 71.3 Å². The van der Waals surface area contributed by atoms with Gasteiger partial charge in [0.05, 0.1) is 18.1 Å². The van der Waals surface area contributed by atoms with E-state index in [2.05, 4.69) is 28.5 Å². The van der Waals surface area contributed by atoms with Crippen molar-refractivity contribution in [3.63, 3.8) is 0 Å². The van der Waals surface area contributed by atoms with Gasteiger partial charge < -0.3 is 14.9 Å². The van der Waals surface area contributed by atoms with Crippen molar-refractivity contribution in [2.75, 3.05) is 6.54 Å². The van der Waals surface area contributed by atoms with Crippen molar-refractivity contribution in [1.29, 1.82) is 5.26 Å². The molecule has 0 atom stereocenters. The number of carboxylic acid groups (broad SMARTS) is 1. The van der Waals surface area contributed by atoms with E-state index in [0.717, 1.165) is 39.8 Å². The lowest BCUT2D eigenvalue weighted by molar-refractivity contribution is -0.136. The van der Waals surface area contributed by atoms with E-state index in [4.69, 9.17) is 9.63 Å². The van der Waals surface area contributed by atoms with Crippen molar-refractivity contribution in [3.8, 4) is 40.0 Å². The fourth-order valence-corrected chi connectivity index (χ4v) is 3.76. The predicted molar refractivity (Wildman–Crippen MR) is 136 cm³/mol. The Labute approximate surface area is 209 Å². The van der Waals surface area contributed by atoms with E-state index < -0.39 is 5.97 Å². The molecule has 0 saturated heterocycles. The molecule has 4 aromatic rings. The zero-order chi connectivity index (χ0) is 23.9. The van der Waals surface area contributed by atoms with Crippen LogP contribution in [0.4, 0.5) is 0 Å². The van der Waals surface area contributed by atoms with Crippen LogP contribution in [0.5, 0.6) is 0 Å². The number of nitriles is 1. The number of aliphatic carboxylic acids is 1. The van der Waals surface area contributed by atoms with Gasteiger partial charge in [0, 0.05) is 24.2 Å². The summed E-state index contributed by atoms with van der Waals surface area (Å²) >= 11 is 0. The van der Waals surface area contributed by atoms with Gasteiger partial charge in [-0.3, -0.25) is 4.79 Å². The summed E-state index contributed by atoms with van der Waals surface area (Å²) in [7, 11) is 0. The van der Waals surface area contributed by atoms with E-state index in [-0.39, 0.29) is 18.8 Å². The molecule has 0 aliphatic heterocycles. The molecule has 1 heterocycles. The number of nitrogens with one attached hydrogen (secondary N) is 1. The zero-order valence-electron chi connectivity index (χ0n) is 19.2. The molecular weight excluding hydrogens is 464 g/mol. The molecule has 0 bridgehead atoms. The molecule has 178 valence electrons. The molecule has 7 nitrogen and oxygen atoms in total. The van der Waals surface area contributed by atoms with Gasteiger partial charge in [-0.05, 0) is 46.9 Å². The number of hydrogen-bond donors (Lipinski definition) is 2. The normalized spacial score (nSPS) is 10.4. The second kappa shape index (κ2) is 11.9. The van der Waals surface area contributed by atoms with Gasteiger partial charge in [0.15, 0.2) is 0 Å². The Morgan fingerprint density at radius 1 is 1.06 bits per heavy atom. The third-order valence-electron chi connectivity index (χ3n) is 5.55. The summed E-state index contributed by atoms with van der Waals surface area (Å²) < 4.78 is 5.55. The third kappa shape index (κ3) is 6.12. The van der Waals surface area contributed by atoms with Crippen LogP contribution in [-0.2, 0) is 17.8 Å². The van der Waals surface area contributed by atoms with Crippen molar-refractivity contribution >= 4 is 18.4 Å². The Kier molecular flexibility index (Phi) is 8.74. The molecule has 4 rings (SSSR count). The van der Waals surface area contributed by atoms with Crippen LogP contribution < -0.4 is 5.32 Å². The first-order chi connectivity index (χ1) is 16.6. The van der Waals surface area contributed by atoms with E-state index >= 15 is 0 Å². The monoisotopic (exact) mass is 488 g/mol. The van der Waals surface area contributed by atoms with E-state index in [0.29, 0.717) is 30.4 Å². The number of carboxylic acids is 1. The molecule has 0 aliphatic rings. The van der Waals surface area contributed by atoms with Gasteiger partial charge in [-0.25, -0.2) is 0 Å². The number of rotatable bonds is 9. The minimum absolute atomic E-state index is 0. The van der Waals surface area contributed by atoms with Gasteiger partial charge in [-0.15, -0.1) is 12.4 Å². The zero-order valence-corrected chi connectivity index (χ0v) is 20.0. The van der Waals surface area contributed by atoms with Crippen LogP contribution in [0.25, 0.3) is 34.0 Å². The summed E-state index contributed by atoms with van der Waals surface area (Å²) in [6.45, 7) is 3.09. The number of aromatic nitrogens is 2. The van der Waals surface area contributed by atoms with Gasteiger partial charge in [0.1, 0.15) is 0 Å². The van der Waals surface area contributed by atoms with Crippen LogP contribution in [0, 0.1) is 11.3 Å². The fourth-order valence-electron chi connectivity index (χ4n) is 3.76. The first kappa shape index (κ1) is 25.6. The number of benzene rings is 3. The second-order valence-electron chi connectivity index (χ2n) is 7.82. The molecule has 1 aromatic heterocycles. The highest BCUT2D eigenvalue weighted by Crippen LogP contribution is 2.31. The van der Waals surface area contributed by atoms with Crippen molar-refractivity contribution in [1.82, 2.24) is 15.5 Å². The lowest BCUT2D eigenvalue weighted by Gasteiger charge is -2.10. The number of aryl methyl sites for hydroxylation is 1. The van der Waals surface area contributed by atoms with Crippen LogP contribution in [0.2, 0.25) is 0 Å². The van der Waals surface area contributed by atoms with Gasteiger partial charge in [0.2, 0.25) is 5.82 Å². The number of carbonyl (C=O) groups is 1. The molecule has 0 amide bonds. The molecule has 0 fully saturated rings. The predicted octanol–water partition coefficient (Wildman–Crippen LogP) is 5.49. The fraction of sp³-hybridized carbons (Fsp3) is 0.185. The van der Waals surface area contributed by atoms with Crippen LogP contribution in [-0.4, -0.2) is 27.8 Å². The molecule has 0 unspecified atom stereocenters. The first-order valence-electron chi connectivity index (χ1n) is 11.1. The van der Waals surface area contributed by atoms with E-state index in [9.17, 15) is 10.1 Å². The summed E-state index contributed by atoms with van der Waals surface area (Å²) in [5.41, 5.74) is 6.38. The summed E-state index contributed by atoms with van der Waals surface area (Å²) in [6, 6.07) is 23.6. The Hall–Kier alpha value is -3.99. The van der Waals surface area contributed by atoms with Gasteiger partial charge in [-0.1, -0.05) is 60.6 Å². The first-order valence-corrected chi connectivity index (χ1v) is 11.1. The minimum Gasteiger partial charge on any atom is -0.481 e. The van der Waals surface area contributed by atoms with Crippen molar-refractivity contribution in [3.05, 3.63) is 83.4 Å². The van der Waals surface area contributed by atoms with Crippen LogP contribution in [0.1, 0.15) is 30.0 Å². The Morgan fingerprint density at radius 3 is 2.51 bits per heavy atom. The standard InChI is InChI=1S/C27H24N4O3.ClH/c1-2-19-15-21(11-12-24(19)23-6-4-3-5-22(23)16-28)27-30-26(31-34-27)20-9-7-18(8-10-20)17-29-14-13-25(32)33;/h3-12,15,29H,2,13-14,17H2,1H3,(H,32,33);1H. The maximum absolute atomic E-state index is 10.6. The number of halogens is 1. The molecule has 2 N–H and O–H groups in total. The highest BCUT2D eigenvalue weighted by molar-refractivity contribution is 5.85. The smallest absolute Gasteiger partial charge is 0.304 e. The molecule has 0 spiro atoms. The largest absolute Gasteiger partial charge is 0.481 e. The van der Waals surface area contributed by atoms with Gasteiger partial charge in [0.25, 0.3) is 5.89 Å². The average molecular weight is 489 g/mol. The van der Waals surface area contributed by atoms with E-state index in [1.54, 1.807) is 0 Å². The highest BCUT2D eigenvalue weighted by Gasteiger charge is 2.14. The summed E-state index contributed by atoms with van der Waals surface area (Å²) in [4.78, 5) is 15.2. The topological polar surface area (TPSA) is 112 Å². The van der Waals surface area contributed by atoms with Crippen molar-refractivity contribution < 1.29 is 14.4 Å². The third-order valence-corrected chi connectivity index (χ3v) is 5.55. The van der Waals surface area contributed by atoms with Gasteiger partial charge in [-0.2, -0.15) is 10.2 Å². The summed E-state index contributed by atoms with van der Waals surface area (Å²) in [5.74, 6) is 0.116. The van der Waals surface area contributed by atoms with E-state index in [1.807, 2.05) is 66.7 Å². The molecule has 3 aromatic carbocycles. The molecule has 35 heavy (non-hydrogen) atoms. The van der Waals surface area contributed by atoms with Crippen LogP contribution >= 0.6 is 12.4 Å². The summed E-state index contributed by atoms with van der Waals surface area (Å²) in [6.07, 6.45) is 0.890. The Morgan fingerprint density at radius 2 is 1.80 bits per heavy atom. The minimum atomic E-state index is -0.816. The summed E-state index contributed by atoms with van der Waals surface area (Å²) in [5, 5.41) is 25.4. The lowest BCUT2D eigenvalue weighted by Crippen LogP contribution is -2.17. The Bertz CT molecular complexity index is 1340. The molecular formula is C27H25ClN4O3. The Balaban J connectivity index is 0.00000342. The van der Waals surface area contributed by atoms with E-state index in [1.165, 1.54) is 0 Å². The quantitative estimate of drug-likeness (QED) is 0.299. The second-order valence-corrected chi connectivity index (χ2v) is 7.82. The molecule has 0 aliphatic carbocycles. The highest BCUT2D eigenvalue weighted by atomic mass is 35.5. The average Bonchev–Trinajstić information content (AvgIpc) is 3.37. The maximum atomic E-state index is 10.6. The van der Waals surface area contributed by atoms with Crippen molar-refractivity contribution in [2.24, 2.45) is 0 Å². The lowest BCUT2D eigenvalue weighted by atomic mass is 9.93. The molecule has 0 saturated carbocycles. The maximum Gasteiger partial charge on any atom is 0.304 e. The number of nitrogens with zero attached hydrogens (tertiary/aromatic N) is 3. The van der Waals surface area contributed by atoms with Crippen LogP contribution in [0.3, 0.4) is 0 Å². The SMILES string of the molecule is CCc1cc(-c2nc(-c3ccc(CNCCC(=O)O)cc3)no2)ccc1-c1ccccc1C#N.Cl. The number of hydrogen-bond acceptors (Lipinski definition) is 6. The molecule has 8 heteroatoms.